The number of rotatable bonds is 2. The van der Waals surface area contributed by atoms with E-state index in [1.807, 2.05) is 24.3 Å². The van der Waals surface area contributed by atoms with Crippen LogP contribution in [0.1, 0.15) is 17.9 Å². The molecule has 1 heterocycles. The topological polar surface area (TPSA) is 59.1 Å². The number of nitrogens with two attached hydrogens (primary N) is 1. The van der Waals surface area contributed by atoms with Gasteiger partial charge in [0.05, 0.1) is 12.4 Å². The normalized spacial score (nSPS) is 19.2. The zero-order valence-corrected chi connectivity index (χ0v) is 7.29. The molecule has 1 aromatic carbocycles. The Hall–Kier alpha value is -1.51. The van der Waals surface area contributed by atoms with Crippen molar-refractivity contribution in [3.63, 3.8) is 0 Å². The van der Waals surface area contributed by atoms with Gasteiger partial charge in [-0.05, 0) is 6.07 Å². The first kappa shape index (κ1) is 8.10. The Morgan fingerprint density at radius 2 is 2.31 bits per heavy atom. The minimum absolute atomic E-state index is 0.227. The lowest BCUT2D eigenvalue weighted by Crippen LogP contribution is -2.15. The lowest BCUT2D eigenvalue weighted by Gasteiger charge is -2.05. The Kier molecular flexibility index (Phi) is 1.93. The first-order chi connectivity index (χ1) is 6.27. The van der Waals surface area contributed by atoms with Crippen molar-refractivity contribution >= 4 is 5.84 Å². The highest BCUT2D eigenvalue weighted by atomic mass is 16.5. The van der Waals surface area contributed by atoms with E-state index in [4.69, 9.17) is 15.9 Å². The Morgan fingerprint density at radius 1 is 1.54 bits per heavy atom. The maximum atomic E-state index is 7.22. The molecule has 1 aliphatic rings. The summed E-state index contributed by atoms with van der Waals surface area (Å²) in [6.07, 6.45) is 0.594. The van der Waals surface area contributed by atoms with Crippen LogP contribution in [0.3, 0.4) is 0 Å². The van der Waals surface area contributed by atoms with Gasteiger partial charge in [0.15, 0.2) is 0 Å². The van der Waals surface area contributed by atoms with Crippen LogP contribution in [-0.4, -0.2) is 12.4 Å². The molecule has 68 valence electrons. The third kappa shape index (κ3) is 1.49. The van der Waals surface area contributed by atoms with E-state index in [2.05, 4.69) is 0 Å². The molecule has 0 radical (unpaired) electrons. The number of hydrogen-bond acceptors (Lipinski definition) is 2. The van der Waals surface area contributed by atoms with Gasteiger partial charge >= 0.3 is 0 Å². The number of fused-ring (bicyclic) bond motifs is 1. The van der Waals surface area contributed by atoms with E-state index in [-0.39, 0.29) is 11.8 Å². The average Bonchev–Trinajstić information content (AvgIpc) is 2.48. The zero-order valence-electron chi connectivity index (χ0n) is 7.29. The molecule has 0 amide bonds. The highest BCUT2D eigenvalue weighted by Gasteiger charge is 2.23. The van der Waals surface area contributed by atoms with Crippen LogP contribution in [0.5, 0.6) is 5.75 Å². The number of nitrogens with one attached hydrogen (secondary N) is 1. The molecule has 1 aliphatic heterocycles. The molecule has 3 nitrogen and oxygen atoms in total. The van der Waals surface area contributed by atoms with Crippen LogP contribution >= 0.6 is 0 Å². The van der Waals surface area contributed by atoms with Crippen molar-refractivity contribution in [2.45, 2.75) is 12.3 Å². The van der Waals surface area contributed by atoms with Crippen molar-refractivity contribution in [3.8, 4) is 5.75 Å². The van der Waals surface area contributed by atoms with E-state index in [1.54, 1.807) is 0 Å². The molecule has 0 aromatic heterocycles. The number of hydrogen-bond donors (Lipinski definition) is 2. The molecular weight excluding hydrogens is 164 g/mol. The lowest BCUT2D eigenvalue weighted by atomic mass is 9.98. The van der Waals surface area contributed by atoms with Crippen molar-refractivity contribution < 1.29 is 4.74 Å². The molecule has 1 aromatic rings. The van der Waals surface area contributed by atoms with Gasteiger partial charge in [-0.3, -0.25) is 5.41 Å². The summed E-state index contributed by atoms with van der Waals surface area (Å²) in [5.74, 6) is 1.44. The first-order valence-corrected chi connectivity index (χ1v) is 4.32. The molecular formula is C10H12N2O. The lowest BCUT2D eigenvalue weighted by molar-refractivity contribution is 0.333. The maximum absolute atomic E-state index is 7.22. The van der Waals surface area contributed by atoms with Gasteiger partial charge in [0, 0.05) is 17.9 Å². The van der Waals surface area contributed by atoms with E-state index in [1.165, 1.54) is 5.56 Å². The molecule has 3 heteroatoms. The predicted octanol–water partition coefficient (Wildman–Crippen LogP) is 1.49. The molecule has 13 heavy (non-hydrogen) atoms. The summed E-state index contributed by atoms with van der Waals surface area (Å²) in [6.45, 7) is 0.652. The highest BCUT2D eigenvalue weighted by Crippen LogP contribution is 2.35. The maximum Gasteiger partial charge on any atom is 0.122 e. The SMILES string of the molecule is N=C(N)C[C@@H]1COc2ccccc21. The zero-order chi connectivity index (χ0) is 9.26. The van der Waals surface area contributed by atoms with E-state index in [0.717, 1.165) is 5.75 Å². The fourth-order valence-electron chi connectivity index (χ4n) is 1.66. The second kappa shape index (κ2) is 3.09. The molecule has 0 saturated heterocycles. The molecule has 0 spiro atoms. The minimum atomic E-state index is 0.227. The molecule has 1 atom stereocenters. The summed E-state index contributed by atoms with van der Waals surface area (Å²) in [7, 11) is 0. The van der Waals surface area contributed by atoms with Gasteiger partial charge in [0.25, 0.3) is 0 Å². The van der Waals surface area contributed by atoms with Crippen LogP contribution in [0.15, 0.2) is 24.3 Å². The van der Waals surface area contributed by atoms with E-state index in [0.29, 0.717) is 13.0 Å². The molecule has 0 bridgehead atoms. The van der Waals surface area contributed by atoms with E-state index in [9.17, 15) is 0 Å². The monoisotopic (exact) mass is 176 g/mol. The Balaban J connectivity index is 2.23. The summed E-state index contributed by atoms with van der Waals surface area (Å²) in [4.78, 5) is 0. The van der Waals surface area contributed by atoms with Crippen molar-refractivity contribution in [1.82, 2.24) is 0 Å². The average molecular weight is 176 g/mol. The van der Waals surface area contributed by atoms with Crippen LogP contribution in [0.4, 0.5) is 0 Å². The summed E-state index contributed by atoms with van der Waals surface area (Å²) >= 11 is 0. The molecule has 0 saturated carbocycles. The molecule has 3 N–H and O–H groups in total. The number of benzene rings is 1. The summed E-state index contributed by atoms with van der Waals surface area (Å²) < 4.78 is 5.46. The molecule has 2 rings (SSSR count). The summed E-state index contributed by atoms with van der Waals surface area (Å²) in [6, 6.07) is 7.93. The van der Waals surface area contributed by atoms with Gasteiger partial charge < -0.3 is 10.5 Å². The fourth-order valence-corrected chi connectivity index (χ4v) is 1.66. The van der Waals surface area contributed by atoms with Crippen LogP contribution < -0.4 is 10.5 Å². The predicted molar refractivity (Wildman–Crippen MR) is 51.2 cm³/mol. The molecule has 0 aliphatic carbocycles. The van der Waals surface area contributed by atoms with Gasteiger partial charge in [-0.1, -0.05) is 18.2 Å². The van der Waals surface area contributed by atoms with Gasteiger partial charge in [-0.2, -0.15) is 0 Å². The molecule has 0 unspecified atom stereocenters. The van der Waals surface area contributed by atoms with Gasteiger partial charge in [0.2, 0.25) is 0 Å². The smallest absolute Gasteiger partial charge is 0.122 e. The van der Waals surface area contributed by atoms with Crippen LogP contribution in [0, 0.1) is 5.41 Å². The van der Waals surface area contributed by atoms with Crippen LogP contribution in [0.25, 0.3) is 0 Å². The first-order valence-electron chi connectivity index (χ1n) is 4.32. The van der Waals surface area contributed by atoms with Crippen LogP contribution in [0.2, 0.25) is 0 Å². The number of ether oxygens (including phenoxy) is 1. The quantitative estimate of drug-likeness (QED) is 0.529. The summed E-state index contributed by atoms with van der Waals surface area (Å²) in [5.41, 5.74) is 6.54. The van der Waals surface area contributed by atoms with E-state index < -0.39 is 0 Å². The standard InChI is InChI=1S/C10H12N2O/c11-10(12)5-7-6-13-9-4-2-1-3-8(7)9/h1-4,7H,5-6H2,(H3,11,12)/t7-/m1/s1. The second-order valence-corrected chi connectivity index (χ2v) is 3.28. The Labute approximate surface area is 77.0 Å². The minimum Gasteiger partial charge on any atom is -0.493 e. The largest absolute Gasteiger partial charge is 0.493 e. The molecule has 0 fully saturated rings. The van der Waals surface area contributed by atoms with Gasteiger partial charge in [0.1, 0.15) is 5.75 Å². The van der Waals surface area contributed by atoms with Gasteiger partial charge in [-0.25, -0.2) is 0 Å². The fraction of sp³-hybridized carbons (Fsp3) is 0.300. The van der Waals surface area contributed by atoms with E-state index >= 15 is 0 Å². The number of para-hydroxylation sites is 1. The third-order valence-corrected chi connectivity index (χ3v) is 2.27. The second-order valence-electron chi connectivity index (χ2n) is 3.28. The van der Waals surface area contributed by atoms with Crippen molar-refractivity contribution in [2.24, 2.45) is 5.73 Å². The van der Waals surface area contributed by atoms with Crippen molar-refractivity contribution in [3.05, 3.63) is 29.8 Å². The van der Waals surface area contributed by atoms with Crippen LogP contribution in [-0.2, 0) is 0 Å². The van der Waals surface area contributed by atoms with Crippen molar-refractivity contribution in [2.75, 3.05) is 6.61 Å². The third-order valence-electron chi connectivity index (χ3n) is 2.27. The Bertz CT molecular complexity index is 335. The highest BCUT2D eigenvalue weighted by molar-refractivity contribution is 5.78. The summed E-state index contributed by atoms with van der Waals surface area (Å²) in [5, 5.41) is 7.22. The van der Waals surface area contributed by atoms with Gasteiger partial charge in [-0.15, -0.1) is 0 Å². The Morgan fingerprint density at radius 3 is 3.08 bits per heavy atom. The van der Waals surface area contributed by atoms with Crippen molar-refractivity contribution in [1.29, 1.82) is 5.41 Å². The number of amidine groups is 1.